The van der Waals surface area contributed by atoms with Crippen LogP contribution in [0, 0.1) is 19.7 Å². The number of halogens is 1. The number of nitrogen functional groups attached to an aromatic ring is 1. The van der Waals surface area contributed by atoms with Gasteiger partial charge in [-0.1, -0.05) is 6.07 Å². The Labute approximate surface area is 115 Å². The molecule has 6 nitrogen and oxygen atoms in total. The maximum atomic E-state index is 13.6. The van der Waals surface area contributed by atoms with E-state index in [0.717, 1.165) is 5.56 Å². The van der Waals surface area contributed by atoms with Gasteiger partial charge >= 0.3 is 0 Å². The van der Waals surface area contributed by atoms with Gasteiger partial charge in [0.2, 0.25) is 5.95 Å². The van der Waals surface area contributed by atoms with Gasteiger partial charge in [-0.2, -0.15) is 0 Å². The van der Waals surface area contributed by atoms with Crippen LogP contribution >= 0.6 is 0 Å². The number of rotatable bonds is 3. The molecule has 1 aromatic carbocycles. The number of hydrogen-bond donors (Lipinski definition) is 3. The number of aryl methyl sites for hydroxylation is 2. The average Bonchev–Trinajstić information content (AvgIpc) is 2.42. The lowest BCUT2D eigenvalue weighted by Gasteiger charge is -2.08. The summed E-state index contributed by atoms with van der Waals surface area (Å²) in [5.74, 6) is 4.30. The van der Waals surface area contributed by atoms with Crippen molar-refractivity contribution in [3.63, 3.8) is 0 Å². The fraction of sp³-hybridized carbons (Fsp3) is 0.154. The van der Waals surface area contributed by atoms with E-state index in [1.54, 1.807) is 26.0 Å². The fourth-order valence-electron chi connectivity index (χ4n) is 1.67. The molecule has 0 unspecified atom stereocenters. The topological polar surface area (TPSA) is 92.9 Å². The highest BCUT2D eigenvalue weighted by molar-refractivity contribution is 6.03. The zero-order valence-corrected chi connectivity index (χ0v) is 11.1. The minimum Gasteiger partial charge on any atom is -0.318 e. The van der Waals surface area contributed by atoms with Crippen LogP contribution in [0.25, 0.3) is 0 Å². The minimum atomic E-state index is -0.531. The molecule has 0 radical (unpaired) electrons. The smallest absolute Gasteiger partial charge is 0.274 e. The first-order chi connectivity index (χ1) is 9.49. The number of carbonyl (C=O) groups excluding carboxylic acids is 1. The van der Waals surface area contributed by atoms with E-state index in [9.17, 15) is 9.18 Å². The number of nitrogens with zero attached hydrogens (tertiary/aromatic N) is 2. The maximum Gasteiger partial charge on any atom is 0.274 e. The van der Waals surface area contributed by atoms with Gasteiger partial charge in [0.25, 0.3) is 5.91 Å². The Kier molecular flexibility index (Phi) is 3.90. The van der Waals surface area contributed by atoms with E-state index in [2.05, 4.69) is 20.7 Å². The van der Waals surface area contributed by atoms with Crippen LogP contribution in [0.1, 0.15) is 21.7 Å². The molecule has 1 amide bonds. The third-order valence-corrected chi connectivity index (χ3v) is 2.59. The van der Waals surface area contributed by atoms with Crippen LogP contribution in [0.3, 0.4) is 0 Å². The summed E-state index contributed by atoms with van der Waals surface area (Å²) in [5.41, 5.74) is 3.89. The van der Waals surface area contributed by atoms with Crippen molar-refractivity contribution in [1.82, 2.24) is 9.97 Å². The first-order valence-electron chi connectivity index (χ1n) is 5.89. The Morgan fingerprint density at radius 1 is 1.25 bits per heavy atom. The second kappa shape index (κ2) is 5.62. The van der Waals surface area contributed by atoms with E-state index in [-0.39, 0.29) is 17.3 Å². The number of amides is 1. The number of aromatic nitrogens is 2. The summed E-state index contributed by atoms with van der Waals surface area (Å²) in [4.78, 5) is 20.0. The summed E-state index contributed by atoms with van der Waals surface area (Å²) in [6.45, 7) is 3.51. The van der Waals surface area contributed by atoms with E-state index in [0.29, 0.717) is 5.69 Å². The lowest BCUT2D eigenvalue weighted by atomic mass is 10.2. The summed E-state index contributed by atoms with van der Waals surface area (Å²) in [7, 11) is 0. The van der Waals surface area contributed by atoms with E-state index in [1.807, 2.05) is 0 Å². The highest BCUT2D eigenvalue weighted by atomic mass is 19.1. The van der Waals surface area contributed by atoms with Crippen molar-refractivity contribution < 1.29 is 9.18 Å². The van der Waals surface area contributed by atoms with Gasteiger partial charge in [0.05, 0.1) is 5.69 Å². The van der Waals surface area contributed by atoms with Crippen LogP contribution in [0.5, 0.6) is 0 Å². The molecule has 0 aliphatic heterocycles. The fourth-order valence-corrected chi connectivity index (χ4v) is 1.67. The van der Waals surface area contributed by atoms with Crippen LogP contribution < -0.4 is 16.6 Å². The van der Waals surface area contributed by atoms with Crippen LogP contribution in [-0.4, -0.2) is 15.9 Å². The van der Waals surface area contributed by atoms with Crippen LogP contribution in [0.2, 0.25) is 0 Å². The van der Waals surface area contributed by atoms with Crippen molar-refractivity contribution in [2.24, 2.45) is 5.84 Å². The molecule has 1 heterocycles. The van der Waals surface area contributed by atoms with Crippen molar-refractivity contribution in [3.8, 4) is 0 Å². The molecule has 0 spiro atoms. The van der Waals surface area contributed by atoms with E-state index in [1.165, 1.54) is 12.1 Å². The van der Waals surface area contributed by atoms with Crippen LogP contribution in [-0.2, 0) is 0 Å². The molecule has 0 atom stereocenters. The summed E-state index contributed by atoms with van der Waals surface area (Å²) in [5, 5.41) is 2.47. The number of hydrazine groups is 1. The Balaban J connectivity index is 2.28. The number of hydrogen-bond acceptors (Lipinski definition) is 5. The van der Waals surface area contributed by atoms with Crippen molar-refractivity contribution in [2.75, 3.05) is 10.7 Å². The van der Waals surface area contributed by atoms with E-state index < -0.39 is 11.7 Å². The molecule has 0 aliphatic carbocycles. The molecule has 0 bridgehead atoms. The minimum absolute atomic E-state index is 0.103. The molecule has 0 fully saturated rings. The number of nitrogens with one attached hydrogen (secondary N) is 2. The second-order valence-corrected chi connectivity index (χ2v) is 4.30. The van der Waals surface area contributed by atoms with Crippen molar-refractivity contribution in [1.29, 1.82) is 0 Å². The normalized spacial score (nSPS) is 10.2. The summed E-state index contributed by atoms with van der Waals surface area (Å²) in [6.07, 6.45) is 0. The molecule has 4 N–H and O–H groups in total. The molecule has 7 heteroatoms. The predicted molar refractivity (Wildman–Crippen MR) is 73.7 cm³/mol. The third-order valence-electron chi connectivity index (χ3n) is 2.59. The zero-order chi connectivity index (χ0) is 14.7. The van der Waals surface area contributed by atoms with Gasteiger partial charge in [0.1, 0.15) is 11.5 Å². The maximum absolute atomic E-state index is 13.6. The Morgan fingerprint density at radius 2 is 2.00 bits per heavy atom. The number of benzene rings is 1. The Bertz CT molecular complexity index is 659. The molecule has 2 rings (SSSR count). The SMILES string of the molecule is Cc1ccc(F)c(NC(=O)c2cc(C)nc(NN)n2)c1. The first-order valence-corrected chi connectivity index (χ1v) is 5.89. The Morgan fingerprint density at radius 3 is 2.70 bits per heavy atom. The van der Waals surface area contributed by atoms with Crippen molar-refractivity contribution in [2.45, 2.75) is 13.8 Å². The average molecular weight is 275 g/mol. The summed E-state index contributed by atoms with van der Waals surface area (Å²) in [6, 6.07) is 5.95. The lowest BCUT2D eigenvalue weighted by molar-refractivity contribution is 0.102. The second-order valence-electron chi connectivity index (χ2n) is 4.30. The molecular weight excluding hydrogens is 261 g/mol. The van der Waals surface area contributed by atoms with Gasteiger partial charge in [-0.15, -0.1) is 0 Å². The number of anilines is 2. The largest absolute Gasteiger partial charge is 0.318 e. The molecule has 2 aromatic rings. The van der Waals surface area contributed by atoms with Gasteiger partial charge < -0.3 is 5.32 Å². The van der Waals surface area contributed by atoms with E-state index in [4.69, 9.17) is 5.84 Å². The van der Waals surface area contributed by atoms with Crippen molar-refractivity contribution in [3.05, 3.63) is 47.0 Å². The lowest BCUT2D eigenvalue weighted by Crippen LogP contribution is -2.18. The molecule has 20 heavy (non-hydrogen) atoms. The molecule has 0 saturated carbocycles. The summed E-state index contributed by atoms with van der Waals surface area (Å²) >= 11 is 0. The first kappa shape index (κ1) is 13.9. The Hall–Kier alpha value is -2.54. The molecule has 104 valence electrons. The molecule has 0 saturated heterocycles. The van der Waals surface area contributed by atoms with Gasteiger partial charge in [-0.25, -0.2) is 20.2 Å². The predicted octanol–water partition coefficient (Wildman–Crippen LogP) is 1.77. The van der Waals surface area contributed by atoms with Crippen LogP contribution in [0.4, 0.5) is 16.0 Å². The van der Waals surface area contributed by atoms with Crippen LogP contribution in [0.15, 0.2) is 24.3 Å². The number of carbonyl (C=O) groups is 1. The van der Waals surface area contributed by atoms with Gasteiger partial charge in [-0.3, -0.25) is 10.2 Å². The van der Waals surface area contributed by atoms with Crippen molar-refractivity contribution >= 4 is 17.5 Å². The van der Waals surface area contributed by atoms with Gasteiger partial charge in [-0.05, 0) is 37.6 Å². The highest BCUT2D eigenvalue weighted by Gasteiger charge is 2.12. The third kappa shape index (κ3) is 3.07. The van der Waals surface area contributed by atoms with Gasteiger partial charge in [0.15, 0.2) is 0 Å². The summed E-state index contributed by atoms with van der Waals surface area (Å²) < 4.78 is 13.6. The molecule has 1 aromatic heterocycles. The zero-order valence-electron chi connectivity index (χ0n) is 11.1. The quantitative estimate of drug-likeness (QED) is 0.586. The van der Waals surface area contributed by atoms with Gasteiger partial charge in [0, 0.05) is 5.69 Å². The number of nitrogens with two attached hydrogens (primary N) is 1. The highest BCUT2D eigenvalue weighted by Crippen LogP contribution is 2.16. The standard InChI is InChI=1S/C13H14FN5O/c1-7-3-4-9(14)10(5-7)17-12(20)11-6-8(2)16-13(18-11)19-15/h3-6H,15H2,1-2H3,(H,17,20)(H,16,18,19). The monoisotopic (exact) mass is 275 g/mol. The molecular formula is C13H14FN5O. The van der Waals surface area contributed by atoms with E-state index >= 15 is 0 Å². The molecule has 0 aliphatic rings.